The number of hydrogen-bond donors (Lipinski definition) is 0. The fraction of sp³-hybridized carbons (Fsp3) is 0.138. The second-order valence-electron chi connectivity index (χ2n) is 9.54. The van der Waals surface area contributed by atoms with Crippen LogP contribution in [0.4, 0.5) is 5.69 Å². The average Bonchev–Trinajstić information content (AvgIpc) is 2.92. The van der Waals surface area contributed by atoms with Crippen LogP contribution in [0.5, 0.6) is 0 Å². The molecule has 2 aliphatic heterocycles. The van der Waals surface area contributed by atoms with Crippen molar-refractivity contribution < 1.29 is 16.8 Å². The Hall–Kier alpha value is -3.95. The molecule has 6 rings (SSSR count). The molecule has 0 N–H and O–H groups in total. The lowest BCUT2D eigenvalue weighted by Crippen LogP contribution is -2.35. The highest BCUT2D eigenvalue weighted by molar-refractivity contribution is 7.92. The molecule has 3 aromatic carbocycles. The van der Waals surface area contributed by atoms with E-state index in [9.17, 15) is 16.8 Å². The Labute approximate surface area is 222 Å². The number of benzene rings is 3. The van der Waals surface area contributed by atoms with Gasteiger partial charge >= 0.3 is 0 Å². The summed E-state index contributed by atoms with van der Waals surface area (Å²) in [5, 5.41) is 0. The predicted octanol–water partition coefficient (Wildman–Crippen LogP) is 5.25. The van der Waals surface area contributed by atoms with Crippen molar-refractivity contribution in [2.45, 2.75) is 36.7 Å². The molecular formula is C29H25N3O4S2. The molecule has 1 aromatic heterocycles. The van der Waals surface area contributed by atoms with Crippen molar-refractivity contribution in [2.24, 2.45) is 0 Å². The Morgan fingerprint density at radius 2 is 1.32 bits per heavy atom. The zero-order valence-corrected chi connectivity index (χ0v) is 22.5. The zero-order chi connectivity index (χ0) is 26.7. The van der Waals surface area contributed by atoms with Gasteiger partial charge in [-0.05, 0) is 61.4 Å². The molecular weight excluding hydrogens is 518 g/mol. The Kier molecular flexibility index (Phi) is 5.66. The summed E-state index contributed by atoms with van der Waals surface area (Å²) in [5.74, 6) is 0. The molecule has 0 radical (unpaired) electrons. The molecule has 0 saturated heterocycles. The van der Waals surface area contributed by atoms with E-state index in [2.05, 4.69) is 4.98 Å². The summed E-state index contributed by atoms with van der Waals surface area (Å²) in [7, 11) is -7.70. The maximum absolute atomic E-state index is 13.9. The smallest absolute Gasteiger partial charge is 0.264 e. The number of nitrogens with zero attached hydrogens (tertiary/aromatic N) is 3. The lowest BCUT2D eigenvalue weighted by atomic mass is 9.92. The minimum absolute atomic E-state index is 0.0466. The van der Waals surface area contributed by atoms with Crippen LogP contribution in [0.1, 0.15) is 27.8 Å². The highest BCUT2D eigenvalue weighted by Gasteiger charge is 2.35. The first kappa shape index (κ1) is 24.4. The summed E-state index contributed by atoms with van der Waals surface area (Å²) in [5.41, 5.74) is 6.05. The first-order valence-corrected chi connectivity index (χ1v) is 15.0. The zero-order valence-electron chi connectivity index (χ0n) is 20.9. The van der Waals surface area contributed by atoms with Crippen LogP contribution in [0.25, 0.3) is 17.3 Å². The van der Waals surface area contributed by atoms with Crippen molar-refractivity contribution >= 4 is 31.8 Å². The molecule has 0 aliphatic carbocycles. The Bertz CT molecular complexity index is 1810. The van der Waals surface area contributed by atoms with E-state index in [0.29, 0.717) is 22.5 Å². The molecule has 0 spiro atoms. The number of rotatable bonds is 4. The number of para-hydroxylation sites is 1. The van der Waals surface area contributed by atoms with Gasteiger partial charge in [0.2, 0.25) is 0 Å². The van der Waals surface area contributed by atoms with Gasteiger partial charge in [-0.15, -0.1) is 0 Å². The van der Waals surface area contributed by atoms with Crippen molar-refractivity contribution in [3.63, 3.8) is 0 Å². The summed E-state index contributed by atoms with van der Waals surface area (Å²) in [6.07, 6.45) is 4.99. The molecule has 2 aliphatic rings. The van der Waals surface area contributed by atoms with Crippen molar-refractivity contribution in [3.05, 3.63) is 113 Å². The number of anilines is 1. The summed E-state index contributed by atoms with van der Waals surface area (Å²) >= 11 is 0. The molecule has 0 unspecified atom stereocenters. The van der Waals surface area contributed by atoms with Crippen LogP contribution in [-0.2, 0) is 33.1 Å². The molecule has 0 amide bonds. The molecule has 0 saturated carbocycles. The third-order valence-electron chi connectivity index (χ3n) is 7.03. The monoisotopic (exact) mass is 543 g/mol. The Balaban J connectivity index is 1.46. The molecule has 9 heteroatoms. The maximum Gasteiger partial charge on any atom is 0.264 e. The van der Waals surface area contributed by atoms with Crippen LogP contribution in [-0.4, -0.2) is 26.1 Å². The van der Waals surface area contributed by atoms with E-state index >= 15 is 0 Å². The maximum atomic E-state index is 13.9. The van der Waals surface area contributed by atoms with Gasteiger partial charge in [-0.2, -0.15) is 0 Å². The second kappa shape index (κ2) is 8.82. The van der Waals surface area contributed by atoms with Crippen LogP contribution < -0.4 is 4.31 Å². The van der Waals surface area contributed by atoms with E-state index < -0.39 is 20.0 Å². The summed E-state index contributed by atoms with van der Waals surface area (Å²) < 4.78 is 57.4. The van der Waals surface area contributed by atoms with E-state index in [-0.39, 0.29) is 22.9 Å². The lowest BCUT2D eigenvalue weighted by molar-refractivity contribution is 0.491. The van der Waals surface area contributed by atoms with Gasteiger partial charge in [0, 0.05) is 23.5 Å². The molecule has 3 heterocycles. The summed E-state index contributed by atoms with van der Waals surface area (Å²) in [6, 6.07) is 20.8. The average molecular weight is 544 g/mol. The minimum atomic E-state index is -3.89. The fourth-order valence-corrected chi connectivity index (χ4v) is 7.62. The number of fused-ring (bicyclic) bond motifs is 5. The molecule has 38 heavy (non-hydrogen) atoms. The first-order valence-electron chi connectivity index (χ1n) is 12.1. The highest BCUT2D eigenvalue weighted by atomic mass is 32.2. The second-order valence-corrected chi connectivity index (χ2v) is 13.3. The normalized spacial score (nSPS) is 14.6. The van der Waals surface area contributed by atoms with Crippen molar-refractivity contribution in [2.75, 3.05) is 4.31 Å². The van der Waals surface area contributed by atoms with Gasteiger partial charge in [-0.3, -0.25) is 13.6 Å². The van der Waals surface area contributed by atoms with Crippen LogP contribution >= 0.6 is 0 Å². The quantitative estimate of drug-likeness (QED) is 0.351. The number of aryl methyl sites for hydroxylation is 2. The number of sulfonamides is 2. The highest BCUT2D eigenvalue weighted by Crippen LogP contribution is 2.43. The largest absolute Gasteiger partial charge is 0.269 e. The van der Waals surface area contributed by atoms with Gasteiger partial charge in [-0.25, -0.2) is 16.8 Å². The third-order valence-corrected chi connectivity index (χ3v) is 10.5. The van der Waals surface area contributed by atoms with E-state index in [1.807, 2.05) is 26.0 Å². The standard InChI is InChI=1S/C29H25N3O4S2/c1-20-7-11-23(12-8-20)37(33,34)31-16-15-22-17-30-29-25-5-3-4-6-28(25)32(19-27(29)26(22)18-31)38(35,36)24-13-9-21(2)10-14-24/h3-17H,18-19H2,1-2H3. The third kappa shape index (κ3) is 3.90. The molecule has 192 valence electrons. The van der Waals surface area contributed by atoms with Crippen LogP contribution in [0.2, 0.25) is 0 Å². The van der Waals surface area contributed by atoms with Crippen molar-refractivity contribution in [3.8, 4) is 11.3 Å². The Morgan fingerprint density at radius 3 is 1.97 bits per heavy atom. The Morgan fingerprint density at radius 1 is 0.711 bits per heavy atom. The van der Waals surface area contributed by atoms with Gasteiger partial charge in [0.25, 0.3) is 20.0 Å². The topological polar surface area (TPSA) is 87.7 Å². The van der Waals surface area contributed by atoms with E-state index in [0.717, 1.165) is 22.3 Å². The summed E-state index contributed by atoms with van der Waals surface area (Å²) in [4.78, 5) is 5.09. The van der Waals surface area contributed by atoms with Crippen molar-refractivity contribution in [1.29, 1.82) is 0 Å². The van der Waals surface area contributed by atoms with Gasteiger partial charge < -0.3 is 0 Å². The molecule has 0 atom stereocenters. The molecule has 0 fully saturated rings. The molecule has 4 aromatic rings. The van der Waals surface area contributed by atoms with Crippen molar-refractivity contribution in [1.82, 2.24) is 9.29 Å². The minimum Gasteiger partial charge on any atom is -0.269 e. The van der Waals surface area contributed by atoms with Gasteiger partial charge in [0.05, 0.1) is 34.3 Å². The van der Waals surface area contributed by atoms with Gasteiger partial charge in [-0.1, -0.05) is 53.6 Å². The lowest BCUT2D eigenvalue weighted by Gasteiger charge is -2.34. The van der Waals surface area contributed by atoms with E-state index in [1.54, 1.807) is 79.1 Å². The number of pyridine rings is 1. The SMILES string of the molecule is Cc1ccc(S(=O)(=O)N2C=Cc3cnc4c(c3C2)CN(S(=O)(=O)c2ccc(C)cc2)c2ccccc2-4)cc1. The molecule has 0 bridgehead atoms. The van der Waals surface area contributed by atoms with E-state index in [1.165, 1.54) is 8.61 Å². The van der Waals surface area contributed by atoms with Crippen LogP contribution in [0.15, 0.2) is 95.0 Å². The number of hydrogen-bond acceptors (Lipinski definition) is 5. The predicted molar refractivity (Wildman–Crippen MR) is 147 cm³/mol. The fourth-order valence-electron chi connectivity index (χ4n) is 4.89. The van der Waals surface area contributed by atoms with Crippen LogP contribution in [0.3, 0.4) is 0 Å². The molecule has 7 nitrogen and oxygen atoms in total. The first-order chi connectivity index (χ1) is 18.2. The van der Waals surface area contributed by atoms with Gasteiger partial charge in [0.15, 0.2) is 0 Å². The van der Waals surface area contributed by atoms with Gasteiger partial charge in [0.1, 0.15) is 0 Å². The number of aromatic nitrogens is 1. The van der Waals surface area contributed by atoms with Crippen LogP contribution in [0, 0.1) is 13.8 Å². The van der Waals surface area contributed by atoms with E-state index in [4.69, 9.17) is 0 Å². The summed E-state index contributed by atoms with van der Waals surface area (Å²) in [6.45, 7) is 3.93.